The maximum atomic E-state index is 13.5. The lowest BCUT2D eigenvalue weighted by atomic mass is 9.97. The lowest BCUT2D eigenvalue weighted by Gasteiger charge is -2.14. The summed E-state index contributed by atoms with van der Waals surface area (Å²) in [6, 6.07) is 10.9. The van der Waals surface area contributed by atoms with Gasteiger partial charge in [-0.1, -0.05) is 29.8 Å². The fourth-order valence-electron chi connectivity index (χ4n) is 2.07. The van der Waals surface area contributed by atoms with E-state index in [0.29, 0.717) is 16.5 Å². The van der Waals surface area contributed by atoms with Gasteiger partial charge in [0.15, 0.2) is 0 Å². The second-order valence-corrected chi connectivity index (χ2v) is 5.68. The monoisotopic (exact) mass is 322 g/mol. The van der Waals surface area contributed by atoms with Gasteiger partial charge in [-0.15, -0.1) is 0 Å². The van der Waals surface area contributed by atoms with Gasteiger partial charge in [0.05, 0.1) is 10.6 Å². The van der Waals surface area contributed by atoms with Crippen LogP contribution in [0.3, 0.4) is 0 Å². The molecule has 0 aliphatic rings. The zero-order chi connectivity index (χ0) is 14.0. The topological polar surface area (TPSA) is 20.2 Å². The maximum absolute atomic E-state index is 13.5. The van der Waals surface area contributed by atoms with E-state index in [2.05, 4.69) is 22.0 Å². The summed E-state index contributed by atoms with van der Waals surface area (Å²) in [4.78, 5) is 0. The number of aliphatic hydroxyl groups is 1. The van der Waals surface area contributed by atoms with E-state index in [-0.39, 0.29) is 5.82 Å². The molecule has 1 unspecified atom stereocenters. The number of hydrogen-bond acceptors (Lipinski definition) is 1. The minimum absolute atomic E-state index is 0.350. The van der Waals surface area contributed by atoms with Gasteiger partial charge in [0.2, 0.25) is 0 Å². The first-order valence-corrected chi connectivity index (χ1v) is 6.96. The van der Waals surface area contributed by atoms with Crippen molar-refractivity contribution >= 4 is 15.9 Å². The molecule has 0 heterocycles. The minimum atomic E-state index is -0.692. The van der Waals surface area contributed by atoms with Crippen LogP contribution in [-0.2, 0) is 6.42 Å². The number of aryl methyl sites for hydroxylation is 2. The SMILES string of the molecule is Cc1ccc(C)c(CC(O)c2ccc(Br)c(F)c2)c1. The Morgan fingerprint density at radius 3 is 2.58 bits per heavy atom. The Morgan fingerprint density at radius 1 is 1.16 bits per heavy atom. The van der Waals surface area contributed by atoms with Gasteiger partial charge in [-0.25, -0.2) is 4.39 Å². The third-order valence-electron chi connectivity index (χ3n) is 3.25. The molecule has 19 heavy (non-hydrogen) atoms. The summed E-state index contributed by atoms with van der Waals surface area (Å²) in [5, 5.41) is 10.2. The fraction of sp³-hybridized carbons (Fsp3) is 0.250. The normalized spacial score (nSPS) is 12.5. The molecule has 0 aliphatic heterocycles. The van der Waals surface area contributed by atoms with Gasteiger partial charge >= 0.3 is 0 Å². The van der Waals surface area contributed by atoms with E-state index < -0.39 is 6.10 Å². The lowest BCUT2D eigenvalue weighted by Crippen LogP contribution is -2.04. The summed E-state index contributed by atoms with van der Waals surface area (Å²) < 4.78 is 13.9. The molecule has 0 aliphatic carbocycles. The first-order valence-electron chi connectivity index (χ1n) is 6.16. The van der Waals surface area contributed by atoms with Crippen molar-refractivity contribution < 1.29 is 9.50 Å². The molecule has 2 aromatic carbocycles. The van der Waals surface area contributed by atoms with Crippen LogP contribution >= 0.6 is 15.9 Å². The van der Waals surface area contributed by atoms with Crippen LogP contribution in [0, 0.1) is 19.7 Å². The summed E-state index contributed by atoms with van der Waals surface area (Å²) in [7, 11) is 0. The van der Waals surface area contributed by atoms with Crippen molar-refractivity contribution in [2.24, 2.45) is 0 Å². The molecule has 0 aromatic heterocycles. The molecule has 3 heteroatoms. The molecule has 0 saturated carbocycles. The van der Waals surface area contributed by atoms with Gasteiger partial charge < -0.3 is 5.11 Å². The van der Waals surface area contributed by atoms with Crippen LogP contribution in [0.4, 0.5) is 4.39 Å². The average Bonchev–Trinajstić information content (AvgIpc) is 2.37. The lowest BCUT2D eigenvalue weighted by molar-refractivity contribution is 0.178. The van der Waals surface area contributed by atoms with E-state index in [1.54, 1.807) is 12.1 Å². The van der Waals surface area contributed by atoms with Gasteiger partial charge in [0.1, 0.15) is 5.82 Å². The third-order valence-corrected chi connectivity index (χ3v) is 3.89. The van der Waals surface area contributed by atoms with Gasteiger partial charge in [-0.05, 0) is 58.6 Å². The summed E-state index contributed by atoms with van der Waals surface area (Å²) in [6.07, 6.45) is -0.197. The molecule has 1 nitrogen and oxygen atoms in total. The molecule has 0 fully saturated rings. The smallest absolute Gasteiger partial charge is 0.137 e. The van der Waals surface area contributed by atoms with Crippen molar-refractivity contribution in [2.45, 2.75) is 26.4 Å². The first-order chi connectivity index (χ1) is 8.97. The van der Waals surface area contributed by atoms with E-state index >= 15 is 0 Å². The molecule has 1 N–H and O–H groups in total. The highest BCUT2D eigenvalue weighted by Crippen LogP contribution is 2.24. The zero-order valence-corrected chi connectivity index (χ0v) is 12.5. The molecule has 0 radical (unpaired) electrons. The van der Waals surface area contributed by atoms with E-state index in [9.17, 15) is 9.50 Å². The van der Waals surface area contributed by atoms with Crippen molar-refractivity contribution in [3.05, 3.63) is 68.9 Å². The standard InChI is InChI=1S/C16H16BrFO/c1-10-3-4-11(2)13(7-10)9-16(19)12-5-6-14(17)15(18)8-12/h3-8,16,19H,9H2,1-2H3. The maximum Gasteiger partial charge on any atom is 0.137 e. The molecule has 1 atom stereocenters. The summed E-state index contributed by atoms with van der Waals surface area (Å²) in [6.45, 7) is 4.04. The predicted molar refractivity (Wildman–Crippen MR) is 78.7 cm³/mol. The molecular formula is C16H16BrFO. The molecule has 0 bridgehead atoms. The minimum Gasteiger partial charge on any atom is -0.388 e. The van der Waals surface area contributed by atoms with Gasteiger partial charge in [-0.2, -0.15) is 0 Å². The van der Waals surface area contributed by atoms with Gasteiger partial charge in [-0.3, -0.25) is 0 Å². The second kappa shape index (κ2) is 5.85. The fourth-order valence-corrected chi connectivity index (χ4v) is 2.31. The molecule has 2 aromatic rings. The Labute approximate surface area is 121 Å². The quantitative estimate of drug-likeness (QED) is 0.883. The van der Waals surface area contributed by atoms with E-state index in [1.807, 2.05) is 26.0 Å². The van der Waals surface area contributed by atoms with E-state index in [4.69, 9.17) is 0 Å². The van der Waals surface area contributed by atoms with Crippen molar-refractivity contribution in [3.8, 4) is 0 Å². The van der Waals surface area contributed by atoms with Crippen LogP contribution in [0.25, 0.3) is 0 Å². The van der Waals surface area contributed by atoms with E-state index in [0.717, 1.165) is 16.7 Å². The Hall–Kier alpha value is -1.19. The number of rotatable bonds is 3. The largest absolute Gasteiger partial charge is 0.388 e. The highest BCUT2D eigenvalue weighted by Gasteiger charge is 2.12. The van der Waals surface area contributed by atoms with Crippen molar-refractivity contribution in [1.82, 2.24) is 0 Å². The summed E-state index contributed by atoms with van der Waals surface area (Å²) >= 11 is 3.11. The highest BCUT2D eigenvalue weighted by atomic mass is 79.9. The van der Waals surface area contributed by atoms with Crippen LogP contribution in [0.2, 0.25) is 0 Å². The van der Waals surface area contributed by atoms with Crippen LogP contribution in [0.5, 0.6) is 0 Å². The molecule has 100 valence electrons. The van der Waals surface area contributed by atoms with Crippen molar-refractivity contribution in [2.75, 3.05) is 0 Å². The molecule has 2 rings (SSSR count). The number of halogens is 2. The van der Waals surface area contributed by atoms with Gasteiger partial charge in [0, 0.05) is 6.42 Å². The molecule has 0 amide bonds. The molecule has 0 spiro atoms. The first kappa shape index (κ1) is 14.2. The summed E-state index contributed by atoms with van der Waals surface area (Å²) in [5.74, 6) is -0.350. The Morgan fingerprint density at radius 2 is 1.89 bits per heavy atom. The Kier molecular flexibility index (Phi) is 4.38. The average molecular weight is 323 g/mol. The molecule has 0 saturated heterocycles. The third kappa shape index (κ3) is 3.43. The number of hydrogen-bond donors (Lipinski definition) is 1. The predicted octanol–water partition coefficient (Wildman–Crippen LogP) is 4.48. The van der Waals surface area contributed by atoms with Crippen LogP contribution < -0.4 is 0 Å². The molecular weight excluding hydrogens is 307 g/mol. The Bertz CT molecular complexity index is 595. The van der Waals surface area contributed by atoms with E-state index in [1.165, 1.54) is 6.07 Å². The number of benzene rings is 2. The van der Waals surface area contributed by atoms with Crippen LogP contribution in [0.1, 0.15) is 28.4 Å². The summed E-state index contributed by atoms with van der Waals surface area (Å²) in [5.41, 5.74) is 3.99. The van der Waals surface area contributed by atoms with Crippen molar-refractivity contribution in [1.29, 1.82) is 0 Å². The highest BCUT2D eigenvalue weighted by molar-refractivity contribution is 9.10. The number of aliphatic hydroxyl groups excluding tert-OH is 1. The Balaban J connectivity index is 2.22. The van der Waals surface area contributed by atoms with Gasteiger partial charge in [0.25, 0.3) is 0 Å². The van der Waals surface area contributed by atoms with Crippen molar-refractivity contribution in [3.63, 3.8) is 0 Å². The second-order valence-electron chi connectivity index (χ2n) is 4.82. The zero-order valence-electron chi connectivity index (χ0n) is 11.0. The van der Waals surface area contributed by atoms with Crippen LogP contribution in [0.15, 0.2) is 40.9 Å². The van der Waals surface area contributed by atoms with Crippen LogP contribution in [-0.4, -0.2) is 5.11 Å².